The van der Waals surface area contributed by atoms with Crippen LogP contribution >= 0.6 is 11.6 Å². The molecule has 0 amide bonds. The van der Waals surface area contributed by atoms with Crippen LogP contribution in [-0.2, 0) is 6.54 Å². The Kier molecular flexibility index (Phi) is 5.22. The highest BCUT2D eigenvalue weighted by Gasteiger charge is 2.27. The summed E-state index contributed by atoms with van der Waals surface area (Å²) in [7, 11) is 1.43. The number of nitrogens with one attached hydrogen (secondary N) is 1. The Morgan fingerprint density at radius 3 is 2.62 bits per heavy atom. The molecule has 0 radical (unpaired) electrons. The maximum absolute atomic E-state index is 12.1. The van der Waals surface area contributed by atoms with Gasteiger partial charge in [-0.25, -0.2) is 0 Å². The second-order valence-electron chi connectivity index (χ2n) is 4.98. The molecule has 0 aromatic heterocycles. The van der Waals surface area contributed by atoms with Crippen molar-refractivity contribution in [2.45, 2.75) is 38.0 Å². The van der Waals surface area contributed by atoms with Gasteiger partial charge in [-0.05, 0) is 30.5 Å². The van der Waals surface area contributed by atoms with Crippen molar-refractivity contribution in [2.24, 2.45) is 0 Å². The third-order valence-electron chi connectivity index (χ3n) is 3.09. The average molecular weight is 324 g/mol. The van der Waals surface area contributed by atoms with E-state index in [-0.39, 0.29) is 10.8 Å². The Balaban J connectivity index is 2.01. The van der Waals surface area contributed by atoms with E-state index in [0.29, 0.717) is 18.3 Å². The highest BCUT2D eigenvalue weighted by Crippen LogP contribution is 2.37. The van der Waals surface area contributed by atoms with Crippen LogP contribution in [0, 0.1) is 0 Å². The molecule has 1 aliphatic carbocycles. The van der Waals surface area contributed by atoms with Crippen LogP contribution in [0.4, 0.5) is 13.2 Å². The predicted molar refractivity (Wildman–Crippen MR) is 74.0 cm³/mol. The van der Waals surface area contributed by atoms with E-state index < -0.39 is 19.2 Å². The van der Waals surface area contributed by atoms with Gasteiger partial charge in [0, 0.05) is 12.6 Å². The Bertz CT molecular complexity index is 490. The Labute approximate surface area is 126 Å². The lowest BCUT2D eigenvalue weighted by molar-refractivity contribution is -0.139. The molecular weight excluding hydrogens is 307 g/mol. The molecule has 3 nitrogen and oxygen atoms in total. The number of hydrogen-bond acceptors (Lipinski definition) is 3. The molecule has 0 heterocycles. The molecule has 1 aliphatic rings. The lowest BCUT2D eigenvalue weighted by Gasteiger charge is -2.15. The van der Waals surface area contributed by atoms with Crippen LogP contribution in [0.3, 0.4) is 0 Å². The lowest BCUT2D eigenvalue weighted by Crippen LogP contribution is -2.16. The molecule has 1 N–H and O–H groups in total. The minimum absolute atomic E-state index is 0.151. The molecule has 0 bridgehead atoms. The minimum atomic E-state index is -4.26. The Morgan fingerprint density at radius 1 is 1.33 bits per heavy atom. The Morgan fingerprint density at radius 2 is 2.05 bits per heavy atom. The van der Waals surface area contributed by atoms with E-state index in [4.69, 9.17) is 21.1 Å². The molecule has 21 heavy (non-hydrogen) atoms. The van der Waals surface area contributed by atoms with Crippen LogP contribution in [0.15, 0.2) is 12.1 Å². The van der Waals surface area contributed by atoms with Gasteiger partial charge in [0.25, 0.3) is 0 Å². The molecule has 1 aromatic carbocycles. The molecule has 0 aliphatic heterocycles. The third kappa shape index (κ3) is 5.28. The van der Waals surface area contributed by atoms with Crippen LogP contribution in [0.1, 0.15) is 24.8 Å². The summed E-state index contributed by atoms with van der Waals surface area (Å²) in [6, 6.07) is 3.96. The van der Waals surface area contributed by atoms with E-state index >= 15 is 0 Å². The van der Waals surface area contributed by atoms with Crippen LogP contribution in [-0.4, -0.2) is 25.9 Å². The number of rotatable bonds is 7. The zero-order valence-corrected chi connectivity index (χ0v) is 12.4. The van der Waals surface area contributed by atoms with Gasteiger partial charge in [-0.3, -0.25) is 0 Å². The van der Waals surface area contributed by atoms with E-state index in [1.54, 1.807) is 12.1 Å². The van der Waals surface area contributed by atoms with Crippen molar-refractivity contribution in [3.63, 3.8) is 0 Å². The fraction of sp³-hybridized carbons (Fsp3) is 0.571. The topological polar surface area (TPSA) is 30.5 Å². The van der Waals surface area contributed by atoms with Gasteiger partial charge in [0.05, 0.1) is 25.2 Å². The van der Waals surface area contributed by atoms with E-state index in [2.05, 4.69) is 5.32 Å². The summed E-state index contributed by atoms with van der Waals surface area (Å²) in [5, 5.41) is 3.58. The summed E-state index contributed by atoms with van der Waals surface area (Å²) in [5.41, 5.74) is 0.909. The molecule has 0 saturated heterocycles. The summed E-state index contributed by atoms with van der Waals surface area (Å²) >= 11 is 6.08. The monoisotopic (exact) mass is 323 g/mol. The van der Waals surface area contributed by atoms with Crippen molar-refractivity contribution in [1.82, 2.24) is 5.32 Å². The highest BCUT2D eigenvalue weighted by atomic mass is 35.5. The number of benzene rings is 1. The molecule has 0 spiro atoms. The Hall–Kier alpha value is -1.14. The summed E-state index contributed by atoms with van der Waals surface area (Å²) in [6.07, 6.45) is -2.95. The summed E-state index contributed by atoms with van der Waals surface area (Å²) in [4.78, 5) is 0. The van der Waals surface area contributed by atoms with Gasteiger partial charge in [-0.15, -0.1) is 0 Å². The average Bonchev–Trinajstić information content (AvgIpc) is 3.21. The minimum Gasteiger partial charge on any atom is -0.493 e. The predicted octanol–water partition coefficient (Wildman–Crippen LogP) is 3.93. The van der Waals surface area contributed by atoms with Crippen LogP contribution in [0.5, 0.6) is 11.5 Å². The maximum Gasteiger partial charge on any atom is 0.392 e. The van der Waals surface area contributed by atoms with Crippen LogP contribution in [0.25, 0.3) is 0 Å². The molecule has 2 rings (SSSR count). The largest absolute Gasteiger partial charge is 0.493 e. The van der Waals surface area contributed by atoms with Crippen molar-refractivity contribution in [2.75, 3.05) is 13.7 Å². The van der Waals surface area contributed by atoms with E-state index in [1.807, 2.05) is 0 Å². The van der Waals surface area contributed by atoms with Gasteiger partial charge >= 0.3 is 6.18 Å². The van der Waals surface area contributed by atoms with E-state index in [0.717, 1.165) is 5.56 Å². The summed E-state index contributed by atoms with van der Waals surface area (Å²) < 4.78 is 46.7. The van der Waals surface area contributed by atoms with Crippen molar-refractivity contribution >= 4 is 11.6 Å². The van der Waals surface area contributed by atoms with Crippen molar-refractivity contribution < 1.29 is 22.6 Å². The number of hydrogen-bond donors (Lipinski definition) is 1. The van der Waals surface area contributed by atoms with Crippen molar-refractivity contribution in [3.05, 3.63) is 22.7 Å². The number of ether oxygens (including phenoxy) is 2. The molecule has 1 fully saturated rings. The van der Waals surface area contributed by atoms with Gasteiger partial charge in [0.15, 0.2) is 11.5 Å². The zero-order chi connectivity index (χ0) is 15.5. The van der Waals surface area contributed by atoms with Crippen molar-refractivity contribution in [3.8, 4) is 11.5 Å². The smallest absolute Gasteiger partial charge is 0.392 e. The summed E-state index contributed by atoms with van der Waals surface area (Å²) in [6.45, 7) is 0.156. The lowest BCUT2D eigenvalue weighted by atomic mass is 10.2. The number of alkyl halides is 3. The first-order chi connectivity index (χ1) is 9.89. The first-order valence-corrected chi connectivity index (χ1v) is 7.06. The van der Waals surface area contributed by atoms with Crippen LogP contribution in [0.2, 0.25) is 5.02 Å². The highest BCUT2D eigenvalue weighted by molar-refractivity contribution is 6.32. The standard InChI is InChI=1S/C14H17ClF3NO2/c1-20-12-7-9(8-19-10-2-3-10)6-11(15)13(12)21-5-4-14(16,17)18/h6-7,10,19H,2-5,8H2,1H3. The van der Waals surface area contributed by atoms with Gasteiger partial charge in [-0.1, -0.05) is 11.6 Å². The molecule has 1 saturated carbocycles. The molecule has 7 heteroatoms. The third-order valence-corrected chi connectivity index (χ3v) is 3.37. The number of methoxy groups -OCH3 is 1. The molecule has 0 unspecified atom stereocenters. The second kappa shape index (κ2) is 6.75. The van der Waals surface area contributed by atoms with Gasteiger partial charge in [0.2, 0.25) is 0 Å². The van der Waals surface area contributed by atoms with Crippen LogP contribution < -0.4 is 14.8 Å². The SMILES string of the molecule is COc1cc(CNC2CC2)cc(Cl)c1OCCC(F)(F)F. The zero-order valence-electron chi connectivity index (χ0n) is 11.6. The first kappa shape index (κ1) is 16.2. The molecule has 118 valence electrons. The van der Waals surface area contributed by atoms with Gasteiger partial charge in [0.1, 0.15) is 0 Å². The van der Waals surface area contributed by atoms with Gasteiger partial charge < -0.3 is 14.8 Å². The second-order valence-corrected chi connectivity index (χ2v) is 5.39. The molecule has 1 aromatic rings. The molecule has 0 atom stereocenters. The quantitative estimate of drug-likeness (QED) is 0.824. The fourth-order valence-corrected chi connectivity index (χ4v) is 2.12. The number of halogens is 4. The fourth-order valence-electron chi connectivity index (χ4n) is 1.83. The maximum atomic E-state index is 12.1. The van der Waals surface area contributed by atoms with Crippen molar-refractivity contribution in [1.29, 1.82) is 0 Å². The van der Waals surface area contributed by atoms with Gasteiger partial charge in [-0.2, -0.15) is 13.2 Å². The normalized spacial score (nSPS) is 15.1. The first-order valence-electron chi connectivity index (χ1n) is 6.68. The summed E-state index contributed by atoms with van der Waals surface area (Å²) in [5.74, 6) is 0.496. The molecular formula is C14H17ClF3NO2. The van der Waals surface area contributed by atoms with E-state index in [1.165, 1.54) is 20.0 Å². The van der Waals surface area contributed by atoms with E-state index in [9.17, 15) is 13.2 Å².